The molecule has 0 aliphatic heterocycles. The molecule has 2 amide bonds. The van der Waals surface area contributed by atoms with Gasteiger partial charge < -0.3 is 0 Å². The third-order valence-corrected chi connectivity index (χ3v) is 5.09. The number of carbonyl (C=O) groups excluding carboxylic acids is 1. The molecule has 26 heavy (non-hydrogen) atoms. The molecule has 128 valence electrons. The highest BCUT2D eigenvalue weighted by molar-refractivity contribution is 7.13. The highest BCUT2D eigenvalue weighted by atomic mass is 32.1. The van der Waals surface area contributed by atoms with Crippen LogP contribution in [0, 0.1) is 0 Å². The van der Waals surface area contributed by atoms with Crippen molar-refractivity contribution in [2.45, 2.75) is 0 Å². The maximum atomic E-state index is 12.2. The van der Waals surface area contributed by atoms with Gasteiger partial charge in [0.2, 0.25) is 0 Å². The summed E-state index contributed by atoms with van der Waals surface area (Å²) >= 11 is 2.88. The zero-order valence-corrected chi connectivity index (χ0v) is 14.9. The van der Waals surface area contributed by atoms with Crippen LogP contribution in [0.25, 0.3) is 21.1 Å². The summed E-state index contributed by atoms with van der Waals surface area (Å²) in [5.41, 5.74) is 1.82. The molecule has 0 unspecified atom stereocenters. The van der Waals surface area contributed by atoms with Crippen LogP contribution in [0.3, 0.4) is 0 Å². The van der Waals surface area contributed by atoms with E-state index < -0.39 is 6.03 Å². The van der Waals surface area contributed by atoms with Gasteiger partial charge in [-0.15, -0.1) is 22.7 Å². The lowest BCUT2D eigenvalue weighted by Gasteiger charge is -2.02. The van der Waals surface area contributed by atoms with Gasteiger partial charge in [-0.2, -0.15) is 0 Å². The molecule has 7 nitrogen and oxygen atoms in total. The highest BCUT2D eigenvalue weighted by Gasteiger charge is 2.10. The molecule has 4 aromatic rings. The van der Waals surface area contributed by atoms with Crippen LogP contribution in [-0.4, -0.2) is 26.0 Å². The number of hydrogen-bond donors (Lipinski definition) is 2. The van der Waals surface area contributed by atoms with E-state index in [1.165, 1.54) is 22.7 Å². The molecule has 4 rings (SSSR count). The Balaban J connectivity index is 1.40. The first-order valence-electron chi connectivity index (χ1n) is 7.58. The van der Waals surface area contributed by atoms with Crippen molar-refractivity contribution in [2.75, 3.05) is 10.6 Å². The van der Waals surface area contributed by atoms with Crippen LogP contribution in [0.4, 0.5) is 16.4 Å². The van der Waals surface area contributed by atoms with Crippen LogP contribution in [0.2, 0.25) is 0 Å². The lowest BCUT2D eigenvalue weighted by atomic mass is 10.3. The fraction of sp³-hybridized carbons (Fsp3) is 0. The molecule has 9 heteroatoms. The van der Waals surface area contributed by atoms with E-state index in [9.17, 15) is 4.79 Å². The summed E-state index contributed by atoms with van der Waals surface area (Å²) in [6.07, 6.45) is 6.88. The molecule has 0 fully saturated rings. The van der Waals surface area contributed by atoms with Gasteiger partial charge in [-0.05, 0) is 24.3 Å². The largest absolute Gasteiger partial charge is 0.326 e. The van der Waals surface area contributed by atoms with E-state index >= 15 is 0 Å². The molecule has 0 saturated carbocycles. The van der Waals surface area contributed by atoms with Gasteiger partial charge in [0.1, 0.15) is 21.7 Å². The Bertz CT molecular complexity index is 934. The fourth-order valence-electron chi connectivity index (χ4n) is 2.17. The number of thiazole rings is 2. The average molecular weight is 380 g/mol. The number of anilines is 2. The summed E-state index contributed by atoms with van der Waals surface area (Å²) < 4.78 is 0. The molecule has 4 heterocycles. The first-order valence-corrected chi connectivity index (χ1v) is 9.34. The molecule has 0 aromatic carbocycles. The van der Waals surface area contributed by atoms with Crippen molar-refractivity contribution in [3.8, 4) is 21.1 Å². The second kappa shape index (κ2) is 7.38. The summed E-state index contributed by atoms with van der Waals surface area (Å²) in [5.74, 6) is 0.961. The Hall–Kier alpha value is -3.17. The molecule has 0 spiro atoms. The Morgan fingerprint density at radius 1 is 0.808 bits per heavy atom. The van der Waals surface area contributed by atoms with Crippen LogP contribution in [0.15, 0.2) is 59.8 Å². The minimum atomic E-state index is -0.393. The van der Waals surface area contributed by atoms with Crippen molar-refractivity contribution < 1.29 is 4.79 Å². The van der Waals surface area contributed by atoms with E-state index in [0.717, 1.165) is 21.1 Å². The Morgan fingerprint density at radius 3 is 1.73 bits per heavy atom. The normalized spacial score (nSPS) is 10.5. The molecule has 0 saturated heterocycles. The van der Waals surface area contributed by atoms with Gasteiger partial charge >= 0.3 is 6.03 Å². The zero-order chi connectivity index (χ0) is 17.8. The van der Waals surface area contributed by atoms with Gasteiger partial charge in [0.25, 0.3) is 0 Å². The molecule has 0 radical (unpaired) electrons. The number of rotatable bonds is 4. The minimum absolute atomic E-state index is 0.393. The first-order chi connectivity index (χ1) is 12.8. The van der Waals surface area contributed by atoms with Crippen LogP contribution in [0.5, 0.6) is 0 Å². The second-order valence-electron chi connectivity index (χ2n) is 5.14. The maximum Gasteiger partial charge on any atom is 0.326 e. The van der Waals surface area contributed by atoms with Gasteiger partial charge in [-0.1, -0.05) is 0 Å². The number of aromatic nitrogens is 4. The lowest BCUT2D eigenvalue weighted by Crippen LogP contribution is -2.19. The molecular weight excluding hydrogens is 368 g/mol. The lowest BCUT2D eigenvalue weighted by molar-refractivity contribution is 0.262. The molecule has 0 aliphatic rings. The van der Waals surface area contributed by atoms with Crippen molar-refractivity contribution in [2.24, 2.45) is 0 Å². The number of carbonyl (C=O) groups is 1. The minimum Gasteiger partial charge on any atom is -0.291 e. The van der Waals surface area contributed by atoms with Crippen molar-refractivity contribution in [3.05, 3.63) is 59.8 Å². The van der Waals surface area contributed by atoms with Gasteiger partial charge in [-0.25, -0.2) is 14.8 Å². The molecule has 2 N–H and O–H groups in total. The zero-order valence-electron chi connectivity index (χ0n) is 13.3. The van der Waals surface area contributed by atoms with Crippen molar-refractivity contribution >= 4 is 40.3 Å². The fourth-order valence-corrected chi connectivity index (χ4v) is 3.66. The number of pyridine rings is 2. The predicted molar refractivity (Wildman–Crippen MR) is 103 cm³/mol. The van der Waals surface area contributed by atoms with Crippen molar-refractivity contribution in [3.63, 3.8) is 0 Å². The van der Waals surface area contributed by atoms with Crippen molar-refractivity contribution in [1.29, 1.82) is 0 Å². The van der Waals surface area contributed by atoms with Crippen molar-refractivity contribution in [1.82, 2.24) is 19.9 Å². The molecule has 4 aromatic heterocycles. The molecular formula is C17H12N6OS2. The van der Waals surface area contributed by atoms with Gasteiger partial charge in [0.15, 0.2) is 0 Å². The smallest absolute Gasteiger partial charge is 0.291 e. The summed E-state index contributed by atoms with van der Waals surface area (Å²) in [5, 5.41) is 10.6. The van der Waals surface area contributed by atoms with Crippen LogP contribution in [-0.2, 0) is 0 Å². The molecule has 0 atom stereocenters. The molecule has 0 aliphatic carbocycles. The number of nitrogens with one attached hydrogen (secondary N) is 2. The van der Waals surface area contributed by atoms with Gasteiger partial charge in [-0.3, -0.25) is 20.6 Å². The highest BCUT2D eigenvalue weighted by Crippen LogP contribution is 2.26. The van der Waals surface area contributed by atoms with Gasteiger partial charge in [0.05, 0.1) is 0 Å². The number of urea groups is 1. The average Bonchev–Trinajstić information content (AvgIpc) is 3.33. The van der Waals surface area contributed by atoms with Crippen LogP contribution < -0.4 is 10.6 Å². The van der Waals surface area contributed by atoms with E-state index in [1.54, 1.807) is 35.5 Å². The Labute approximate surface area is 156 Å². The molecule has 0 bridgehead atoms. The number of amides is 2. The van der Waals surface area contributed by atoms with E-state index in [0.29, 0.717) is 11.6 Å². The van der Waals surface area contributed by atoms with Gasteiger partial charge in [0, 0.05) is 46.7 Å². The summed E-state index contributed by atoms with van der Waals surface area (Å²) in [6, 6.07) is 7.14. The Kier molecular flexibility index (Phi) is 4.63. The standard InChI is InChI=1S/C17H12N6OS2/c24-17(22-13-9-25-15(20-13)11-3-1-5-18-7-11)23-14-10-26-16(21-14)12-4-2-6-19-8-12/h1-10H,(H2,22,23,24). The number of nitrogens with zero attached hydrogens (tertiary/aromatic N) is 4. The third kappa shape index (κ3) is 3.73. The van der Waals surface area contributed by atoms with E-state index in [2.05, 4.69) is 30.6 Å². The van der Waals surface area contributed by atoms with Crippen LogP contribution in [0.1, 0.15) is 0 Å². The summed E-state index contributed by atoms with van der Waals surface area (Å²) in [6.45, 7) is 0. The summed E-state index contributed by atoms with van der Waals surface area (Å²) in [7, 11) is 0. The monoisotopic (exact) mass is 380 g/mol. The second-order valence-corrected chi connectivity index (χ2v) is 6.85. The predicted octanol–water partition coefficient (Wildman–Crippen LogP) is 4.37. The van der Waals surface area contributed by atoms with Crippen LogP contribution >= 0.6 is 22.7 Å². The topological polar surface area (TPSA) is 92.7 Å². The maximum absolute atomic E-state index is 12.2. The van der Waals surface area contributed by atoms with E-state index in [4.69, 9.17) is 0 Å². The first kappa shape index (κ1) is 16.3. The number of hydrogen-bond acceptors (Lipinski definition) is 7. The van der Waals surface area contributed by atoms with E-state index in [1.807, 2.05) is 24.3 Å². The SMILES string of the molecule is O=C(Nc1csc(-c2cccnc2)n1)Nc1csc(-c2cccnc2)n1. The van der Waals surface area contributed by atoms with E-state index in [-0.39, 0.29) is 0 Å². The summed E-state index contributed by atoms with van der Waals surface area (Å²) in [4.78, 5) is 29.1. The quantitative estimate of drug-likeness (QED) is 0.548. The Morgan fingerprint density at radius 2 is 1.31 bits per heavy atom. The third-order valence-electron chi connectivity index (χ3n) is 3.31.